The van der Waals surface area contributed by atoms with Crippen molar-refractivity contribution >= 4 is 91.1 Å². The zero-order valence-electron chi connectivity index (χ0n) is 11.1. The smallest absolute Gasteiger partial charge is 0.813 e. The van der Waals surface area contributed by atoms with Crippen molar-refractivity contribution in [3.8, 4) is 0 Å². The molecule has 0 unspecified atom stereocenters. The maximum absolute atomic E-state index is 8.26. The molecule has 2 rings (SSSR count). The molecule has 1 aliphatic heterocycles. The van der Waals surface area contributed by atoms with E-state index in [-0.39, 0.29) is 27.0 Å². The van der Waals surface area contributed by atoms with Crippen LogP contribution in [-0.4, -0.2) is 31.8 Å². The number of aromatic nitrogens is 1. The Hall–Kier alpha value is 0.868. The van der Waals surface area contributed by atoms with Crippen molar-refractivity contribution in [2.24, 2.45) is 0 Å². The zero-order chi connectivity index (χ0) is 15.4. The number of hydrogen-bond donors (Lipinski definition) is 4. The minimum atomic E-state index is 0. The molecular weight excluding hydrogens is 482 g/mol. The number of nitrogens with zero attached hydrogens (tertiary/aromatic N) is 3. The van der Waals surface area contributed by atoms with Crippen LogP contribution in [0.4, 0.5) is 5.82 Å². The van der Waals surface area contributed by atoms with Gasteiger partial charge in [0.25, 0.3) is 0 Å². The van der Waals surface area contributed by atoms with Crippen LogP contribution in [0, 0.1) is 0 Å². The Bertz CT molecular complexity index is 403. The maximum atomic E-state index is 8.26. The van der Waals surface area contributed by atoms with E-state index in [1.807, 2.05) is 12.1 Å². The van der Waals surface area contributed by atoms with Gasteiger partial charge < -0.3 is 47.8 Å². The number of hydrazine groups is 1. The quantitative estimate of drug-likeness (QED) is 0.216. The second-order valence-corrected chi connectivity index (χ2v) is 5.44. The van der Waals surface area contributed by atoms with E-state index in [4.69, 9.17) is 3.40 Å². The van der Waals surface area contributed by atoms with Crippen LogP contribution in [0.15, 0.2) is 18.3 Å². The average molecular weight is 498 g/mol. The van der Waals surface area contributed by atoms with Crippen LogP contribution in [0.2, 0.25) is 0 Å². The molecule has 1 aliphatic rings. The van der Waals surface area contributed by atoms with E-state index < -0.39 is 0 Å². The van der Waals surface area contributed by atoms with E-state index in [0.29, 0.717) is 28.4 Å². The summed E-state index contributed by atoms with van der Waals surface area (Å²) in [7, 11) is 0. The Morgan fingerprint density at radius 1 is 1.27 bits per heavy atom. The standard InChI is InChI=1S/C5H6N2S2.C4H9N3S2.Mo.O.2H2S/c8-5(9)7-4-2-1-3-6-4;8-4(9)6-7-3-1-2-5-7;;;;/h1-3,6H,(H2,7,8,9);5H,1-3H2,(H2,6,8,9);;;2*1H2/q;;+4;;;/p-4. The summed E-state index contributed by atoms with van der Waals surface area (Å²) < 4.78 is 8.98. The summed E-state index contributed by atoms with van der Waals surface area (Å²) in [6.45, 7) is 1.92. The molecule has 2 N–H and O–H groups in total. The fourth-order valence-electron chi connectivity index (χ4n) is 1.20. The summed E-state index contributed by atoms with van der Waals surface area (Å²) in [4.78, 5) is 2.87. The Balaban J connectivity index is -0.000000273. The van der Waals surface area contributed by atoms with Gasteiger partial charge in [-0.1, -0.05) is 48.6 Å². The Morgan fingerprint density at radius 3 is 2.27 bits per heavy atom. The molecule has 0 aromatic carbocycles. The van der Waals surface area contributed by atoms with Gasteiger partial charge in [0.2, 0.25) is 0 Å². The van der Waals surface area contributed by atoms with Crippen LogP contribution >= 0.6 is 49.7 Å². The molecule has 0 aliphatic carbocycles. The van der Waals surface area contributed by atoms with E-state index in [1.165, 1.54) is 0 Å². The maximum Gasteiger partial charge on any atom is -0.813 e. The van der Waals surface area contributed by atoms with Crippen LogP contribution in [-0.2, 0) is 50.2 Å². The van der Waals surface area contributed by atoms with Gasteiger partial charge in [-0.3, -0.25) is 5.43 Å². The third-order valence-corrected chi connectivity index (χ3v) is 2.21. The summed E-state index contributed by atoms with van der Waals surface area (Å²) in [6, 6.07) is 3.67. The molecule has 0 amide bonds. The Labute approximate surface area is 177 Å². The van der Waals surface area contributed by atoms with Crippen LogP contribution in [0.25, 0.3) is 10.7 Å². The summed E-state index contributed by atoms with van der Waals surface area (Å²) in [5.41, 5.74) is 6.91. The molecule has 0 radical (unpaired) electrons. The van der Waals surface area contributed by atoms with E-state index in [0.717, 1.165) is 25.3 Å². The van der Waals surface area contributed by atoms with Gasteiger partial charge >= 0.3 is 23.2 Å². The number of H-pyrrole nitrogens is 1. The van der Waals surface area contributed by atoms with Crippen LogP contribution in [0.1, 0.15) is 6.42 Å². The fraction of sp³-hybridized carbons (Fsp3) is 0.333. The average Bonchev–Trinajstić information content (AvgIpc) is 3.04. The zero-order valence-corrected chi connectivity index (χ0v) is 18.3. The van der Waals surface area contributed by atoms with Crippen LogP contribution in [0.3, 0.4) is 0 Å². The van der Waals surface area contributed by atoms with Gasteiger partial charge in [0.05, 0.1) is 4.32 Å². The molecule has 1 fully saturated rings. The fourth-order valence-corrected chi connectivity index (χ4v) is 1.61. The van der Waals surface area contributed by atoms with Gasteiger partial charge in [0.15, 0.2) is 0 Å². The number of thiol groups is 4. The van der Waals surface area contributed by atoms with Gasteiger partial charge in [-0.25, -0.2) is 0 Å². The van der Waals surface area contributed by atoms with Crippen molar-refractivity contribution in [3.05, 3.63) is 29.1 Å². The van der Waals surface area contributed by atoms with Gasteiger partial charge in [-0.15, -0.1) is 12.6 Å². The molecule has 2 heterocycles. The molecule has 0 saturated carbocycles. The minimum Gasteiger partial charge on any atom is -0.813 e. The van der Waals surface area contributed by atoms with Gasteiger partial charge in [0.1, 0.15) is 0 Å². The molecule has 6 nitrogen and oxygen atoms in total. The molecule has 0 atom stereocenters. The predicted octanol–water partition coefficient (Wildman–Crippen LogP) is 2.27. The second kappa shape index (κ2) is 18.2. The monoisotopic (exact) mass is 499 g/mol. The molecule has 1 aromatic heterocycles. The molecule has 22 heavy (non-hydrogen) atoms. The number of nitrogens with one attached hydrogen (secondary N) is 2. The van der Waals surface area contributed by atoms with Crippen molar-refractivity contribution in [3.63, 3.8) is 0 Å². The molecule has 0 bridgehead atoms. The van der Waals surface area contributed by atoms with Crippen molar-refractivity contribution in [1.29, 1.82) is 0 Å². The molecule has 124 valence electrons. The first-order chi connectivity index (χ1) is 9.58. The molecule has 1 saturated heterocycles. The largest absolute Gasteiger partial charge is 0.813 e. The van der Waals surface area contributed by atoms with E-state index in [9.17, 15) is 0 Å². The number of thiocarbonyl (C=S) groups is 2. The molecular formula is C9H15MoN5OS6. The third kappa shape index (κ3) is 15.8. The number of aromatic amines is 1. The van der Waals surface area contributed by atoms with Crippen molar-refractivity contribution in [1.82, 2.24) is 15.5 Å². The first-order valence-corrected chi connectivity index (χ1v) is 7.81. The van der Waals surface area contributed by atoms with Gasteiger partial charge in [-0.05, 0) is 17.3 Å². The van der Waals surface area contributed by atoms with E-state index in [2.05, 4.69) is 70.8 Å². The third-order valence-electron chi connectivity index (χ3n) is 1.84. The van der Waals surface area contributed by atoms with Gasteiger partial charge in [-0.2, -0.15) is 12.6 Å². The Morgan fingerprint density at radius 2 is 1.91 bits per heavy atom. The normalized spacial score (nSPS) is 12.2. The predicted molar refractivity (Wildman–Crippen MR) is 108 cm³/mol. The number of rotatable bonds is 2. The molecule has 0 spiro atoms. The molecule has 1 aromatic rings. The topological polar surface area (TPSA) is 76.3 Å². The van der Waals surface area contributed by atoms with Crippen molar-refractivity contribution in [2.75, 3.05) is 13.1 Å². The summed E-state index contributed by atoms with van der Waals surface area (Å²) in [6.07, 6.45) is 2.91. The van der Waals surface area contributed by atoms with E-state index in [1.54, 1.807) is 11.3 Å². The van der Waals surface area contributed by atoms with Crippen LogP contribution < -0.4 is 5.43 Å². The summed E-state index contributed by atoms with van der Waals surface area (Å²) in [5, 5.41) is 5.58. The van der Waals surface area contributed by atoms with E-state index >= 15 is 0 Å². The second-order valence-electron chi connectivity index (χ2n) is 3.22. The summed E-state index contributed by atoms with van der Waals surface area (Å²) >= 11 is 17.7. The first kappa shape index (κ1) is 27.7. The van der Waals surface area contributed by atoms with Crippen molar-refractivity contribution in [2.45, 2.75) is 6.42 Å². The minimum absolute atomic E-state index is 0. The Kier molecular flexibility index (Phi) is 22.9. The number of hydrogen-bond acceptors (Lipinski definition) is 7. The molecule has 13 heteroatoms. The summed E-state index contributed by atoms with van der Waals surface area (Å²) in [5.74, 6) is 0.745. The van der Waals surface area contributed by atoms with Gasteiger partial charge in [0, 0.05) is 6.54 Å². The van der Waals surface area contributed by atoms with Crippen LogP contribution in [0.5, 0.6) is 0 Å². The van der Waals surface area contributed by atoms with Crippen molar-refractivity contribution < 1.29 is 23.2 Å². The SMILES string of the molecule is S=C(S)[N-]N1CCCN1.S=C(S)[N-]c1ccc[nH]1.[O]=[Mo+4].[SH-].[SH-]. The first-order valence-electron chi connectivity index (χ1n) is 5.28.